The fourth-order valence-electron chi connectivity index (χ4n) is 3.17. The molecule has 1 saturated carbocycles. The smallest absolute Gasteiger partial charge is 0.0545 e. The highest BCUT2D eigenvalue weighted by Crippen LogP contribution is 2.37. The fraction of sp³-hybridized carbons (Fsp3) is 0.471. The van der Waals surface area contributed by atoms with Gasteiger partial charge in [0.25, 0.3) is 0 Å². The molecule has 2 nitrogen and oxygen atoms in total. The molecule has 0 amide bonds. The molecule has 1 N–H and O–H groups in total. The van der Waals surface area contributed by atoms with Gasteiger partial charge in [-0.05, 0) is 49.3 Å². The minimum absolute atomic E-state index is 0.500. The summed E-state index contributed by atoms with van der Waals surface area (Å²) in [6.07, 6.45) is 5.49. The molecule has 106 valence electrons. The summed E-state index contributed by atoms with van der Waals surface area (Å²) >= 11 is 1.87. The van der Waals surface area contributed by atoms with E-state index in [1.807, 2.05) is 11.3 Å². The summed E-state index contributed by atoms with van der Waals surface area (Å²) < 4.78 is 0. The van der Waals surface area contributed by atoms with Crippen LogP contribution < -0.4 is 5.32 Å². The van der Waals surface area contributed by atoms with Crippen molar-refractivity contribution in [3.63, 3.8) is 0 Å². The van der Waals surface area contributed by atoms with Crippen LogP contribution in [-0.2, 0) is 6.54 Å². The van der Waals surface area contributed by atoms with Gasteiger partial charge in [-0.15, -0.1) is 11.3 Å². The van der Waals surface area contributed by atoms with Crippen molar-refractivity contribution in [3.8, 4) is 0 Å². The number of hydrogen-bond donors (Lipinski definition) is 1. The van der Waals surface area contributed by atoms with E-state index < -0.39 is 0 Å². The molecule has 2 aromatic rings. The molecule has 1 aliphatic rings. The Balaban J connectivity index is 1.70. The van der Waals surface area contributed by atoms with Crippen LogP contribution in [0.4, 0.5) is 0 Å². The van der Waals surface area contributed by atoms with Gasteiger partial charge in [0.1, 0.15) is 0 Å². The van der Waals surface area contributed by atoms with Crippen LogP contribution in [0.25, 0.3) is 0 Å². The van der Waals surface area contributed by atoms with E-state index in [1.54, 1.807) is 0 Å². The second kappa shape index (κ2) is 6.51. The number of aryl methyl sites for hydroxylation is 1. The Hall–Kier alpha value is -1.19. The van der Waals surface area contributed by atoms with Crippen LogP contribution in [0.1, 0.15) is 48.0 Å². The largest absolute Gasteiger partial charge is 0.303 e. The summed E-state index contributed by atoms with van der Waals surface area (Å²) in [4.78, 5) is 6.07. The molecule has 0 aromatic carbocycles. The molecule has 0 spiro atoms. The molecule has 0 radical (unpaired) electrons. The predicted molar refractivity (Wildman–Crippen MR) is 84.8 cm³/mol. The quantitative estimate of drug-likeness (QED) is 0.877. The Labute approximate surface area is 125 Å². The number of pyridine rings is 1. The lowest BCUT2D eigenvalue weighted by Crippen LogP contribution is -2.26. The molecule has 3 rings (SSSR count). The first-order chi connectivity index (χ1) is 9.83. The number of thiophene rings is 1. The maximum atomic E-state index is 4.59. The third-order valence-electron chi connectivity index (χ3n) is 4.17. The van der Waals surface area contributed by atoms with Crippen LogP contribution in [0.15, 0.2) is 35.7 Å². The van der Waals surface area contributed by atoms with Gasteiger partial charge < -0.3 is 5.32 Å². The number of nitrogens with one attached hydrogen (secondary N) is 1. The number of aromatic nitrogens is 1. The second-order valence-corrected chi connectivity index (χ2v) is 6.67. The SMILES string of the molecule is Cc1cccc(CNC(c2cccs2)C2CCCC2)n1. The molecular formula is C17H22N2S. The van der Waals surface area contributed by atoms with Gasteiger partial charge in [0, 0.05) is 23.2 Å². The molecule has 2 aromatic heterocycles. The van der Waals surface area contributed by atoms with Crippen molar-refractivity contribution in [2.24, 2.45) is 5.92 Å². The van der Waals surface area contributed by atoms with E-state index in [1.165, 1.54) is 30.6 Å². The van der Waals surface area contributed by atoms with Crippen molar-refractivity contribution in [2.75, 3.05) is 0 Å². The molecule has 1 atom stereocenters. The predicted octanol–water partition coefficient (Wildman–Crippen LogP) is 4.47. The van der Waals surface area contributed by atoms with Gasteiger partial charge in [-0.2, -0.15) is 0 Å². The highest BCUT2D eigenvalue weighted by atomic mass is 32.1. The van der Waals surface area contributed by atoms with Crippen molar-refractivity contribution in [2.45, 2.75) is 45.2 Å². The highest BCUT2D eigenvalue weighted by molar-refractivity contribution is 7.10. The van der Waals surface area contributed by atoms with Gasteiger partial charge in [-0.1, -0.05) is 25.0 Å². The first kappa shape index (κ1) is 13.8. The standard InChI is InChI=1S/C17H22N2S/c1-13-6-4-9-15(19-13)12-18-17(14-7-2-3-8-14)16-10-5-11-20-16/h4-6,9-11,14,17-18H,2-3,7-8,12H2,1H3. The lowest BCUT2D eigenvalue weighted by molar-refractivity contribution is 0.369. The van der Waals surface area contributed by atoms with Gasteiger partial charge in [0.2, 0.25) is 0 Å². The minimum atomic E-state index is 0.500. The van der Waals surface area contributed by atoms with Gasteiger partial charge >= 0.3 is 0 Å². The lowest BCUT2D eigenvalue weighted by atomic mass is 9.96. The third kappa shape index (κ3) is 3.28. The molecule has 0 saturated heterocycles. The maximum absolute atomic E-state index is 4.59. The Kier molecular flexibility index (Phi) is 4.48. The summed E-state index contributed by atoms with van der Waals surface area (Å²) in [5, 5.41) is 5.94. The van der Waals surface area contributed by atoms with Crippen molar-refractivity contribution < 1.29 is 0 Å². The number of nitrogens with zero attached hydrogens (tertiary/aromatic N) is 1. The number of hydrogen-bond acceptors (Lipinski definition) is 3. The van der Waals surface area contributed by atoms with Crippen LogP contribution >= 0.6 is 11.3 Å². The van der Waals surface area contributed by atoms with Crippen LogP contribution in [0.5, 0.6) is 0 Å². The molecule has 1 aliphatic carbocycles. The lowest BCUT2D eigenvalue weighted by Gasteiger charge is -2.23. The van der Waals surface area contributed by atoms with Crippen molar-refractivity contribution in [1.82, 2.24) is 10.3 Å². The van der Waals surface area contributed by atoms with E-state index in [0.717, 1.165) is 23.9 Å². The average Bonchev–Trinajstić information content (AvgIpc) is 3.12. The zero-order valence-electron chi connectivity index (χ0n) is 12.0. The second-order valence-electron chi connectivity index (χ2n) is 5.69. The Morgan fingerprint density at radius 1 is 1.25 bits per heavy atom. The van der Waals surface area contributed by atoms with E-state index >= 15 is 0 Å². The van der Waals surface area contributed by atoms with Gasteiger partial charge in [-0.25, -0.2) is 0 Å². The fourth-order valence-corrected chi connectivity index (χ4v) is 4.06. The normalized spacial score (nSPS) is 17.4. The van der Waals surface area contributed by atoms with Gasteiger partial charge in [0.15, 0.2) is 0 Å². The van der Waals surface area contributed by atoms with Gasteiger partial charge in [-0.3, -0.25) is 4.98 Å². The first-order valence-corrected chi connectivity index (χ1v) is 8.40. The van der Waals surface area contributed by atoms with E-state index in [4.69, 9.17) is 0 Å². The molecule has 0 aliphatic heterocycles. The average molecular weight is 286 g/mol. The first-order valence-electron chi connectivity index (χ1n) is 7.52. The Bertz CT molecular complexity index is 530. The maximum Gasteiger partial charge on any atom is 0.0545 e. The van der Waals surface area contributed by atoms with Crippen molar-refractivity contribution >= 4 is 11.3 Å². The summed E-state index contributed by atoms with van der Waals surface area (Å²) in [5.41, 5.74) is 2.24. The monoisotopic (exact) mass is 286 g/mol. The number of rotatable bonds is 5. The van der Waals surface area contributed by atoms with E-state index in [2.05, 4.69) is 52.9 Å². The summed E-state index contributed by atoms with van der Waals surface area (Å²) in [6.45, 7) is 2.91. The van der Waals surface area contributed by atoms with Crippen LogP contribution in [0.2, 0.25) is 0 Å². The van der Waals surface area contributed by atoms with Crippen LogP contribution in [0, 0.1) is 12.8 Å². The van der Waals surface area contributed by atoms with Crippen molar-refractivity contribution in [3.05, 3.63) is 52.0 Å². The highest BCUT2D eigenvalue weighted by Gasteiger charge is 2.26. The molecule has 3 heteroatoms. The molecule has 0 bridgehead atoms. The summed E-state index contributed by atoms with van der Waals surface area (Å²) in [6, 6.07) is 11.2. The zero-order chi connectivity index (χ0) is 13.8. The molecule has 1 fully saturated rings. The van der Waals surface area contributed by atoms with Crippen molar-refractivity contribution in [1.29, 1.82) is 0 Å². The van der Waals surface area contributed by atoms with E-state index in [0.29, 0.717) is 6.04 Å². The zero-order valence-corrected chi connectivity index (χ0v) is 12.8. The van der Waals surface area contributed by atoms with E-state index in [9.17, 15) is 0 Å². The molecule has 2 heterocycles. The van der Waals surface area contributed by atoms with E-state index in [-0.39, 0.29) is 0 Å². The molecular weight excluding hydrogens is 264 g/mol. The Morgan fingerprint density at radius 2 is 2.10 bits per heavy atom. The van der Waals surface area contributed by atoms with Crippen LogP contribution in [-0.4, -0.2) is 4.98 Å². The summed E-state index contributed by atoms with van der Waals surface area (Å²) in [5.74, 6) is 0.790. The topological polar surface area (TPSA) is 24.9 Å². The molecule has 20 heavy (non-hydrogen) atoms. The third-order valence-corrected chi connectivity index (χ3v) is 5.13. The minimum Gasteiger partial charge on any atom is -0.303 e. The summed E-state index contributed by atoms with van der Waals surface area (Å²) in [7, 11) is 0. The van der Waals surface area contributed by atoms with Crippen LogP contribution in [0.3, 0.4) is 0 Å². The van der Waals surface area contributed by atoms with Gasteiger partial charge in [0.05, 0.1) is 5.69 Å². The molecule has 1 unspecified atom stereocenters. The Morgan fingerprint density at radius 3 is 2.80 bits per heavy atom.